The molecule has 3 saturated carbocycles. The third kappa shape index (κ3) is 1.09. The first-order valence-corrected chi connectivity index (χ1v) is 5.96. The Hall–Kier alpha value is -0.0400. The molecule has 0 atom stereocenters. The van der Waals surface area contributed by atoms with Crippen molar-refractivity contribution in [2.24, 2.45) is 22.5 Å². The Kier molecular flexibility index (Phi) is 1.59. The van der Waals surface area contributed by atoms with Crippen molar-refractivity contribution in [2.75, 3.05) is 6.54 Å². The second kappa shape index (κ2) is 2.50. The molecule has 3 fully saturated rings. The molecule has 0 unspecified atom stereocenters. The van der Waals surface area contributed by atoms with E-state index in [1.54, 1.807) is 25.7 Å². The fourth-order valence-electron chi connectivity index (χ4n) is 4.46. The molecular formula is C12H21N. The van der Waals surface area contributed by atoms with E-state index >= 15 is 0 Å². The minimum absolute atomic E-state index is 0.847. The molecular weight excluding hydrogens is 158 g/mol. The fourth-order valence-corrected chi connectivity index (χ4v) is 4.46. The highest BCUT2D eigenvalue weighted by atomic mass is 14.7. The van der Waals surface area contributed by atoms with Crippen LogP contribution in [0.2, 0.25) is 0 Å². The number of rotatable bonds is 2. The molecule has 0 aromatic heterocycles. The van der Waals surface area contributed by atoms with Gasteiger partial charge in [-0.25, -0.2) is 0 Å². The molecule has 0 aromatic carbocycles. The summed E-state index contributed by atoms with van der Waals surface area (Å²) in [5, 5.41) is 0. The normalized spacial score (nSPS) is 33.9. The van der Waals surface area contributed by atoms with Gasteiger partial charge in [0.25, 0.3) is 0 Å². The highest BCUT2D eigenvalue weighted by Crippen LogP contribution is 2.72. The molecule has 0 radical (unpaired) electrons. The van der Waals surface area contributed by atoms with Gasteiger partial charge in [0.15, 0.2) is 0 Å². The third-order valence-electron chi connectivity index (χ3n) is 4.93. The molecule has 0 amide bonds. The fraction of sp³-hybridized carbons (Fsp3) is 1.00. The van der Waals surface area contributed by atoms with Gasteiger partial charge < -0.3 is 5.73 Å². The van der Waals surface area contributed by atoms with E-state index in [-0.39, 0.29) is 0 Å². The largest absolute Gasteiger partial charge is 0.330 e. The molecule has 0 bridgehead atoms. The maximum atomic E-state index is 5.58. The average Bonchev–Trinajstić information content (AvgIpc) is 1.87. The van der Waals surface area contributed by atoms with Gasteiger partial charge in [0.1, 0.15) is 0 Å². The first-order valence-electron chi connectivity index (χ1n) is 5.96. The summed E-state index contributed by atoms with van der Waals surface area (Å²) in [5.41, 5.74) is 7.31. The van der Waals surface area contributed by atoms with Crippen LogP contribution in [0.5, 0.6) is 0 Å². The number of hydrogen-bond acceptors (Lipinski definition) is 1. The van der Waals surface area contributed by atoms with Crippen molar-refractivity contribution in [1.29, 1.82) is 0 Å². The van der Waals surface area contributed by atoms with Crippen LogP contribution >= 0.6 is 0 Å². The van der Waals surface area contributed by atoms with Crippen LogP contribution in [0.4, 0.5) is 0 Å². The molecule has 0 aliphatic heterocycles. The molecule has 3 aliphatic carbocycles. The summed E-state index contributed by atoms with van der Waals surface area (Å²) in [6.45, 7) is 0.909. The zero-order valence-corrected chi connectivity index (χ0v) is 8.52. The van der Waals surface area contributed by atoms with Gasteiger partial charge in [-0.05, 0) is 68.2 Å². The quantitative estimate of drug-likeness (QED) is 0.693. The van der Waals surface area contributed by atoms with Crippen LogP contribution in [0.1, 0.15) is 51.4 Å². The number of hydrogen-bond donors (Lipinski definition) is 1. The van der Waals surface area contributed by atoms with Crippen molar-refractivity contribution >= 4 is 0 Å². The molecule has 2 N–H and O–H groups in total. The maximum Gasteiger partial charge on any atom is -0.00746 e. The Morgan fingerprint density at radius 3 is 2.23 bits per heavy atom. The van der Waals surface area contributed by atoms with Crippen molar-refractivity contribution in [1.82, 2.24) is 0 Å². The van der Waals surface area contributed by atoms with Gasteiger partial charge in [-0.3, -0.25) is 0 Å². The molecule has 1 heteroatoms. The molecule has 3 aliphatic rings. The minimum atomic E-state index is 0.847. The van der Waals surface area contributed by atoms with Gasteiger partial charge in [-0.1, -0.05) is 6.42 Å². The molecule has 2 spiro atoms. The van der Waals surface area contributed by atoms with E-state index in [1.807, 2.05) is 0 Å². The van der Waals surface area contributed by atoms with E-state index < -0.39 is 0 Å². The van der Waals surface area contributed by atoms with E-state index in [1.165, 1.54) is 25.7 Å². The topological polar surface area (TPSA) is 26.0 Å². The standard InChI is InChI=1S/C12H21N/c13-5-2-10-6-12(7-10)8-11(9-12)3-1-4-11/h10H,1-9,13H2. The van der Waals surface area contributed by atoms with Crippen LogP contribution in [0.3, 0.4) is 0 Å². The van der Waals surface area contributed by atoms with Gasteiger partial charge in [0.2, 0.25) is 0 Å². The lowest BCUT2D eigenvalue weighted by Crippen LogP contribution is -2.56. The Balaban J connectivity index is 1.49. The van der Waals surface area contributed by atoms with Crippen molar-refractivity contribution < 1.29 is 0 Å². The third-order valence-corrected chi connectivity index (χ3v) is 4.93. The molecule has 3 rings (SSSR count). The lowest BCUT2D eigenvalue weighted by atomic mass is 9.38. The van der Waals surface area contributed by atoms with Gasteiger partial charge >= 0.3 is 0 Å². The highest BCUT2D eigenvalue weighted by Gasteiger charge is 2.60. The smallest absolute Gasteiger partial charge is 0.00746 e. The molecule has 1 nitrogen and oxygen atoms in total. The van der Waals surface area contributed by atoms with Crippen LogP contribution in [0.15, 0.2) is 0 Å². The maximum absolute atomic E-state index is 5.58. The second-order valence-electron chi connectivity index (χ2n) is 6.06. The monoisotopic (exact) mass is 179 g/mol. The zero-order valence-electron chi connectivity index (χ0n) is 8.52. The van der Waals surface area contributed by atoms with Gasteiger partial charge in [0.05, 0.1) is 0 Å². The summed E-state index contributed by atoms with van der Waals surface area (Å²) in [6, 6.07) is 0. The van der Waals surface area contributed by atoms with Crippen LogP contribution in [-0.2, 0) is 0 Å². The van der Waals surface area contributed by atoms with Crippen LogP contribution in [0, 0.1) is 16.7 Å². The molecule has 13 heavy (non-hydrogen) atoms. The Morgan fingerprint density at radius 2 is 1.77 bits per heavy atom. The predicted octanol–water partition coefficient (Wildman–Crippen LogP) is 2.70. The lowest BCUT2D eigenvalue weighted by Gasteiger charge is -2.67. The summed E-state index contributed by atoms with van der Waals surface area (Å²) < 4.78 is 0. The summed E-state index contributed by atoms with van der Waals surface area (Å²) >= 11 is 0. The van der Waals surface area contributed by atoms with E-state index in [0.29, 0.717) is 0 Å². The molecule has 0 heterocycles. The van der Waals surface area contributed by atoms with E-state index in [2.05, 4.69) is 0 Å². The lowest BCUT2D eigenvalue weighted by molar-refractivity contribution is -0.163. The van der Waals surface area contributed by atoms with Gasteiger partial charge in [-0.2, -0.15) is 0 Å². The van der Waals surface area contributed by atoms with E-state index in [0.717, 1.165) is 23.3 Å². The van der Waals surface area contributed by atoms with Crippen molar-refractivity contribution in [2.45, 2.75) is 51.4 Å². The van der Waals surface area contributed by atoms with E-state index in [9.17, 15) is 0 Å². The minimum Gasteiger partial charge on any atom is -0.330 e. The van der Waals surface area contributed by atoms with Crippen LogP contribution < -0.4 is 5.73 Å². The zero-order chi connectivity index (χ0) is 8.94. The Labute approximate surface area is 81.1 Å². The Morgan fingerprint density at radius 1 is 1.08 bits per heavy atom. The SMILES string of the molecule is NCCC1CC2(C1)CC1(CCC1)C2. The predicted molar refractivity (Wildman–Crippen MR) is 54.3 cm³/mol. The summed E-state index contributed by atoms with van der Waals surface area (Å²) in [5.74, 6) is 1.00. The summed E-state index contributed by atoms with van der Waals surface area (Å²) in [6.07, 6.45) is 12.1. The molecule has 0 aromatic rings. The first-order chi connectivity index (χ1) is 6.26. The van der Waals surface area contributed by atoms with Crippen LogP contribution in [-0.4, -0.2) is 6.54 Å². The average molecular weight is 179 g/mol. The molecule has 0 saturated heterocycles. The first kappa shape index (κ1) is 8.28. The Bertz CT molecular complexity index is 201. The summed E-state index contributed by atoms with van der Waals surface area (Å²) in [4.78, 5) is 0. The number of nitrogens with two attached hydrogens (primary N) is 1. The second-order valence-corrected chi connectivity index (χ2v) is 6.06. The van der Waals surface area contributed by atoms with Crippen molar-refractivity contribution in [3.63, 3.8) is 0 Å². The van der Waals surface area contributed by atoms with Crippen LogP contribution in [0.25, 0.3) is 0 Å². The van der Waals surface area contributed by atoms with Gasteiger partial charge in [0, 0.05) is 0 Å². The highest BCUT2D eigenvalue weighted by molar-refractivity contribution is 5.11. The van der Waals surface area contributed by atoms with E-state index in [4.69, 9.17) is 5.73 Å². The summed E-state index contributed by atoms with van der Waals surface area (Å²) in [7, 11) is 0. The molecule has 74 valence electrons. The van der Waals surface area contributed by atoms with Gasteiger partial charge in [-0.15, -0.1) is 0 Å². The van der Waals surface area contributed by atoms with Crippen molar-refractivity contribution in [3.8, 4) is 0 Å². The van der Waals surface area contributed by atoms with Crippen molar-refractivity contribution in [3.05, 3.63) is 0 Å².